The van der Waals surface area contributed by atoms with Crippen LogP contribution < -0.4 is 10.5 Å². The van der Waals surface area contributed by atoms with Gasteiger partial charge in [-0.25, -0.2) is 4.98 Å². The molecule has 2 heterocycles. The molecule has 0 aliphatic carbocycles. The van der Waals surface area contributed by atoms with Crippen molar-refractivity contribution in [2.45, 2.75) is 6.92 Å². The third-order valence-corrected chi connectivity index (χ3v) is 3.11. The number of nitrogens with zero attached hydrogens (tertiary/aromatic N) is 2. The van der Waals surface area contributed by atoms with Gasteiger partial charge in [0.05, 0.1) is 12.6 Å². The van der Waals surface area contributed by atoms with Crippen LogP contribution in [-0.4, -0.2) is 22.1 Å². The molecule has 0 bridgehead atoms. The number of H-pyrrole nitrogens is 1. The van der Waals surface area contributed by atoms with E-state index in [-0.39, 0.29) is 0 Å². The van der Waals surface area contributed by atoms with Gasteiger partial charge in [-0.15, -0.1) is 0 Å². The first-order valence-electron chi connectivity index (χ1n) is 5.95. The van der Waals surface area contributed by atoms with Gasteiger partial charge in [0.2, 0.25) is 5.88 Å². The summed E-state index contributed by atoms with van der Waals surface area (Å²) in [4.78, 5) is 12.0. The standard InChI is InChI=1S/C14H14N4O/c1-8-4-3-5-9(12(8)15)13-16-10-6-7-11(19-2)17-14(10)18-13/h3-7H,15H2,1-2H3,(H,16,17,18). The topological polar surface area (TPSA) is 76.8 Å². The largest absolute Gasteiger partial charge is 0.481 e. The highest BCUT2D eigenvalue weighted by Crippen LogP contribution is 2.27. The maximum atomic E-state index is 6.09. The number of para-hydroxylation sites is 1. The molecule has 0 unspecified atom stereocenters. The van der Waals surface area contributed by atoms with Crippen molar-refractivity contribution in [3.63, 3.8) is 0 Å². The molecule has 96 valence electrons. The second-order valence-corrected chi connectivity index (χ2v) is 4.35. The average Bonchev–Trinajstić information content (AvgIpc) is 2.84. The van der Waals surface area contributed by atoms with E-state index in [1.807, 2.05) is 31.2 Å². The molecule has 5 nitrogen and oxygen atoms in total. The van der Waals surface area contributed by atoms with E-state index in [9.17, 15) is 0 Å². The van der Waals surface area contributed by atoms with E-state index in [0.29, 0.717) is 11.5 Å². The second-order valence-electron chi connectivity index (χ2n) is 4.35. The Bertz CT molecular complexity index is 748. The third-order valence-electron chi connectivity index (χ3n) is 3.11. The van der Waals surface area contributed by atoms with Gasteiger partial charge in [0.1, 0.15) is 5.82 Å². The number of nitrogens with two attached hydrogens (primary N) is 1. The minimum Gasteiger partial charge on any atom is -0.481 e. The molecular weight excluding hydrogens is 240 g/mol. The van der Waals surface area contributed by atoms with Crippen LogP contribution in [0.1, 0.15) is 5.56 Å². The van der Waals surface area contributed by atoms with Crippen LogP contribution in [0, 0.1) is 6.92 Å². The Balaban J connectivity index is 2.18. The lowest BCUT2D eigenvalue weighted by Crippen LogP contribution is -1.94. The summed E-state index contributed by atoms with van der Waals surface area (Å²) in [6.45, 7) is 1.97. The minimum atomic E-state index is 0.544. The molecule has 0 amide bonds. The predicted octanol–water partition coefficient (Wildman–Crippen LogP) is 2.52. The number of methoxy groups -OCH3 is 1. The number of hydrogen-bond donors (Lipinski definition) is 2. The average molecular weight is 254 g/mol. The van der Waals surface area contributed by atoms with Gasteiger partial charge in [0.15, 0.2) is 5.65 Å². The number of anilines is 1. The Morgan fingerprint density at radius 3 is 2.79 bits per heavy atom. The second kappa shape index (κ2) is 4.28. The number of imidazole rings is 1. The lowest BCUT2D eigenvalue weighted by molar-refractivity contribution is 0.399. The molecule has 1 aromatic carbocycles. The number of nitrogen functional groups attached to an aromatic ring is 1. The number of ether oxygens (including phenoxy) is 1. The molecule has 3 N–H and O–H groups in total. The molecule has 2 aromatic heterocycles. The highest BCUT2D eigenvalue weighted by molar-refractivity contribution is 5.81. The number of pyridine rings is 1. The summed E-state index contributed by atoms with van der Waals surface area (Å²) in [7, 11) is 1.58. The summed E-state index contributed by atoms with van der Waals surface area (Å²) < 4.78 is 5.09. The molecule has 19 heavy (non-hydrogen) atoms. The maximum Gasteiger partial charge on any atom is 0.215 e. The van der Waals surface area contributed by atoms with Gasteiger partial charge in [0.25, 0.3) is 0 Å². The molecule has 0 spiro atoms. The molecule has 5 heteroatoms. The van der Waals surface area contributed by atoms with Gasteiger partial charge in [-0.3, -0.25) is 0 Å². The monoisotopic (exact) mass is 254 g/mol. The number of benzene rings is 1. The van der Waals surface area contributed by atoms with E-state index < -0.39 is 0 Å². The number of hydrogen-bond acceptors (Lipinski definition) is 4. The van der Waals surface area contributed by atoms with Crippen molar-refractivity contribution in [1.82, 2.24) is 15.0 Å². The van der Waals surface area contributed by atoms with Crippen LogP contribution in [0.4, 0.5) is 5.69 Å². The molecule has 0 fully saturated rings. The fraction of sp³-hybridized carbons (Fsp3) is 0.143. The smallest absolute Gasteiger partial charge is 0.215 e. The Labute approximate surface area is 110 Å². The molecular formula is C14H14N4O. The first kappa shape index (κ1) is 11.5. The van der Waals surface area contributed by atoms with Crippen molar-refractivity contribution in [2.75, 3.05) is 12.8 Å². The lowest BCUT2D eigenvalue weighted by Gasteiger charge is -2.04. The van der Waals surface area contributed by atoms with Gasteiger partial charge in [-0.2, -0.15) is 4.98 Å². The minimum absolute atomic E-state index is 0.544. The summed E-state index contributed by atoms with van der Waals surface area (Å²) in [5.41, 5.74) is 10.2. The summed E-state index contributed by atoms with van der Waals surface area (Å²) in [5, 5.41) is 0. The first-order valence-corrected chi connectivity index (χ1v) is 5.95. The van der Waals surface area contributed by atoms with Crippen LogP contribution in [0.5, 0.6) is 5.88 Å². The third kappa shape index (κ3) is 1.89. The van der Waals surface area contributed by atoms with Gasteiger partial charge < -0.3 is 15.5 Å². The van der Waals surface area contributed by atoms with Crippen molar-refractivity contribution in [3.05, 3.63) is 35.9 Å². The zero-order valence-corrected chi connectivity index (χ0v) is 10.8. The fourth-order valence-corrected chi connectivity index (χ4v) is 2.00. The number of fused-ring (bicyclic) bond motifs is 1. The highest BCUT2D eigenvalue weighted by atomic mass is 16.5. The zero-order valence-electron chi connectivity index (χ0n) is 10.8. The van der Waals surface area contributed by atoms with Crippen LogP contribution in [0.2, 0.25) is 0 Å². The van der Waals surface area contributed by atoms with E-state index in [1.54, 1.807) is 13.2 Å². The molecule has 3 rings (SSSR count). The van der Waals surface area contributed by atoms with Crippen LogP contribution in [0.25, 0.3) is 22.6 Å². The zero-order chi connectivity index (χ0) is 13.4. The molecule has 0 aliphatic heterocycles. The summed E-state index contributed by atoms with van der Waals surface area (Å²) in [5.74, 6) is 1.26. The summed E-state index contributed by atoms with van der Waals surface area (Å²) in [6.07, 6.45) is 0. The van der Waals surface area contributed by atoms with Crippen LogP contribution in [-0.2, 0) is 0 Å². The van der Waals surface area contributed by atoms with Crippen LogP contribution in [0.3, 0.4) is 0 Å². The molecule has 0 radical (unpaired) electrons. The van der Waals surface area contributed by atoms with E-state index >= 15 is 0 Å². The highest BCUT2D eigenvalue weighted by Gasteiger charge is 2.10. The number of nitrogens with one attached hydrogen (secondary N) is 1. The number of aromatic nitrogens is 3. The van der Waals surface area contributed by atoms with Gasteiger partial charge in [0, 0.05) is 17.3 Å². The quantitative estimate of drug-likeness (QED) is 0.689. The molecule has 0 aliphatic rings. The maximum absolute atomic E-state index is 6.09. The number of aryl methyl sites for hydroxylation is 1. The van der Waals surface area contributed by atoms with Crippen LogP contribution >= 0.6 is 0 Å². The number of rotatable bonds is 2. The Morgan fingerprint density at radius 1 is 1.16 bits per heavy atom. The molecule has 0 atom stereocenters. The van der Waals surface area contributed by atoms with Gasteiger partial charge in [-0.1, -0.05) is 12.1 Å². The fourth-order valence-electron chi connectivity index (χ4n) is 2.00. The van der Waals surface area contributed by atoms with E-state index in [0.717, 1.165) is 28.2 Å². The van der Waals surface area contributed by atoms with Gasteiger partial charge >= 0.3 is 0 Å². The van der Waals surface area contributed by atoms with Crippen molar-refractivity contribution in [1.29, 1.82) is 0 Å². The van der Waals surface area contributed by atoms with E-state index in [2.05, 4.69) is 15.0 Å². The van der Waals surface area contributed by atoms with Crippen LogP contribution in [0.15, 0.2) is 30.3 Å². The van der Waals surface area contributed by atoms with E-state index in [4.69, 9.17) is 10.5 Å². The van der Waals surface area contributed by atoms with Crippen molar-refractivity contribution in [3.8, 4) is 17.3 Å². The molecule has 0 saturated carbocycles. The van der Waals surface area contributed by atoms with Crippen molar-refractivity contribution >= 4 is 16.9 Å². The SMILES string of the molecule is COc1ccc2[nH]c(-c3cccc(C)c3N)nc2n1. The molecule has 0 saturated heterocycles. The summed E-state index contributed by atoms with van der Waals surface area (Å²) in [6, 6.07) is 9.57. The molecule has 3 aromatic rings. The van der Waals surface area contributed by atoms with Gasteiger partial charge in [-0.05, 0) is 24.6 Å². The normalized spacial score (nSPS) is 10.8. The van der Waals surface area contributed by atoms with E-state index in [1.165, 1.54) is 0 Å². The Hall–Kier alpha value is -2.56. The Kier molecular flexibility index (Phi) is 2.59. The van der Waals surface area contributed by atoms with Crippen molar-refractivity contribution < 1.29 is 4.74 Å². The Morgan fingerprint density at radius 2 is 2.00 bits per heavy atom. The lowest BCUT2D eigenvalue weighted by atomic mass is 10.1. The first-order chi connectivity index (χ1) is 9.19. The summed E-state index contributed by atoms with van der Waals surface area (Å²) >= 11 is 0. The van der Waals surface area contributed by atoms with Crippen molar-refractivity contribution in [2.24, 2.45) is 0 Å². The predicted molar refractivity (Wildman–Crippen MR) is 75.0 cm³/mol. The number of aromatic amines is 1.